The van der Waals surface area contributed by atoms with Crippen LogP contribution in [0.3, 0.4) is 0 Å². The second-order valence-electron chi connectivity index (χ2n) is 12.7. The number of carbonyl (C=O) groups is 1. The van der Waals surface area contributed by atoms with E-state index in [9.17, 15) is 23.1 Å². The number of thiazole rings is 1. The predicted molar refractivity (Wildman–Crippen MR) is 161 cm³/mol. The molecule has 7 rings (SSSR count). The van der Waals surface area contributed by atoms with Gasteiger partial charge in [0.2, 0.25) is 0 Å². The number of hydrogen-bond donors (Lipinski definition) is 3. The molecule has 3 aliphatic rings. The summed E-state index contributed by atoms with van der Waals surface area (Å²) in [6.07, 6.45) is 2.21. The fourth-order valence-corrected chi connectivity index (χ4v) is 8.29. The fourth-order valence-electron chi connectivity index (χ4n) is 7.50. The van der Waals surface area contributed by atoms with Crippen LogP contribution in [0.15, 0.2) is 42.7 Å². The van der Waals surface area contributed by atoms with Gasteiger partial charge in [0.15, 0.2) is 5.01 Å². The molecule has 1 amide bonds. The Morgan fingerprint density at radius 1 is 1.16 bits per heavy atom. The van der Waals surface area contributed by atoms with Gasteiger partial charge >= 0.3 is 6.18 Å². The number of amides is 1. The Morgan fingerprint density at radius 3 is 2.55 bits per heavy atom. The number of likely N-dealkylation sites (tertiary alicyclic amines) is 1. The van der Waals surface area contributed by atoms with E-state index in [4.69, 9.17) is 10.7 Å². The monoisotopic (exact) mass is 624 g/mol. The van der Waals surface area contributed by atoms with Gasteiger partial charge in [0, 0.05) is 36.5 Å². The standard InChI is InChI=1S/C32H35F3N6O2S/c33-32(34,35)31(8-9-31)22-13-20-14-26-29(44-30(39-26)28(36)43)40-27(20)25(15-22)24(7-12-41-10-5-23(42)6-11-41)19-3-1-18(2-4-19)21-16-37-38-17-21/h1-4,14,16-17,22-25,42H,5-13,15H2,(H2,36,43)(H,37,38)/t22?,24-,25?/m0/s1. The van der Waals surface area contributed by atoms with Gasteiger partial charge in [-0.15, -0.1) is 0 Å². The van der Waals surface area contributed by atoms with Crippen LogP contribution in [-0.2, 0) is 6.42 Å². The molecule has 44 heavy (non-hydrogen) atoms. The van der Waals surface area contributed by atoms with Gasteiger partial charge in [-0.2, -0.15) is 18.3 Å². The summed E-state index contributed by atoms with van der Waals surface area (Å²) in [5.41, 5.74) is 8.98. The number of nitrogens with zero attached hydrogens (tertiary/aromatic N) is 4. The first kappa shape index (κ1) is 29.4. The number of hydrogen-bond acceptors (Lipinski definition) is 7. The lowest BCUT2D eigenvalue weighted by Gasteiger charge is -2.40. The van der Waals surface area contributed by atoms with Crippen molar-refractivity contribution >= 4 is 27.6 Å². The van der Waals surface area contributed by atoms with Crippen molar-refractivity contribution in [3.63, 3.8) is 0 Å². The summed E-state index contributed by atoms with van der Waals surface area (Å²) in [5, 5.41) is 17.1. The van der Waals surface area contributed by atoms with Gasteiger partial charge in [0.05, 0.1) is 17.7 Å². The minimum Gasteiger partial charge on any atom is -0.393 e. The molecule has 3 aromatic heterocycles. The van der Waals surface area contributed by atoms with Crippen LogP contribution in [0, 0.1) is 11.3 Å². The fraction of sp³-hybridized carbons (Fsp3) is 0.500. The Bertz CT molecular complexity index is 1640. The van der Waals surface area contributed by atoms with Crippen LogP contribution in [-0.4, -0.2) is 68.0 Å². The maximum absolute atomic E-state index is 14.5. The maximum Gasteiger partial charge on any atom is 0.394 e. The molecule has 0 spiro atoms. The summed E-state index contributed by atoms with van der Waals surface area (Å²) >= 11 is 1.13. The number of primary amides is 1. The predicted octanol–water partition coefficient (Wildman–Crippen LogP) is 5.80. The first-order valence-electron chi connectivity index (χ1n) is 15.3. The van der Waals surface area contributed by atoms with E-state index >= 15 is 0 Å². The lowest BCUT2D eigenvalue weighted by Crippen LogP contribution is -2.39. The summed E-state index contributed by atoms with van der Waals surface area (Å²) in [4.78, 5) is 24.2. The number of nitrogens with one attached hydrogen (secondary N) is 1. The third kappa shape index (κ3) is 5.41. The number of pyridine rings is 1. The molecule has 1 aromatic carbocycles. The smallest absolute Gasteiger partial charge is 0.393 e. The third-order valence-electron chi connectivity index (χ3n) is 10.2. The van der Waals surface area contributed by atoms with Crippen molar-refractivity contribution in [2.75, 3.05) is 19.6 Å². The lowest BCUT2D eigenvalue weighted by atomic mass is 9.66. The molecule has 2 unspecified atom stereocenters. The van der Waals surface area contributed by atoms with Crippen LogP contribution in [0.1, 0.15) is 77.0 Å². The maximum atomic E-state index is 14.5. The molecule has 4 heterocycles. The Morgan fingerprint density at radius 2 is 1.91 bits per heavy atom. The second-order valence-corrected chi connectivity index (χ2v) is 13.7. The molecule has 12 heteroatoms. The van der Waals surface area contributed by atoms with E-state index < -0.39 is 23.4 Å². The van der Waals surface area contributed by atoms with Crippen molar-refractivity contribution in [2.24, 2.45) is 17.1 Å². The van der Waals surface area contributed by atoms with E-state index in [1.54, 1.807) is 6.20 Å². The zero-order chi connectivity index (χ0) is 30.6. The van der Waals surface area contributed by atoms with Crippen molar-refractivity contribution < 1.29 is 23.1 Å². The Kier molecular flexibility index (Phi) is 7.49. The molecule has 4 N–H and O–H groups in total. The largest absolute Gasteiger partial charge is 0.394 e. The molecule has 1 saturated heterocycles. The van der Waals surface area contributed by atoms with Crippen LogP contribution in [0.5, 0.6) is 0 Å². The Labute approximate surface area is 256 Å². The van der Waals surface area contributed by atoms with Gasteiger partial charge in [0.1, 0.15) is 10.3 Å². The number of piperidine rings is 1. The number of H-pyrrole nitrogens is 1. The molecule has 0 bridgehead atoms. The molecule has 2 fully saturated rings. The SMILES string of the molecule is NC(=O)c1nc2cc3c(nc2s1)C([C@@H](CCN1CCC(O)CC1)c1ccc(-c2cn[nH]c2)cc1)CC(C1(C(F)(F)F)CC1)C3. The Hall–Kier alpha value is -3.35. The molecule has 8 nitrogen and oxygen atoms in total. The Balaban J connectivity index is 1.30. The van der Waals surface area contributed by atoms with Gasteiger partial charge in [-0.3, -0.25) is 9.89 Å². The molecule has 0 radical (unpaired) electrons. The summed E-state index contributed by atoms with van der Waals surface area (Å²) in [6, 6.07) is 10.1. The highest BCUT2D eigenvalue weighted by atomic mass is 32.1. The number of rotatable bonds is 8. The van der Waals surface area contributed by atoms with E-state index in [1.807, 2.05) is 24.4 Å². The summed E-state index contributed by atoms with van der Waals surface area (Å²) in [6.45, 7) is 2.37. The van der Waals surface area contributed by atoms with Crippen molar-refractivity contribution in [1.82, 2.24) is 25.1 Å². The van der Waals surface area contributed by atoms with Gasteiger partial charge in [-0.25, -0.2) is 9.97 Å². The zero-order valence-corrected chi connectivity index (χ0v) is 25.0. The highest BCUT2D eigenvalue weighted by molar-refractivity contribution is 7.19. The van der Waals surface area contributed by atoms with Gasteiger partial charge in [-0.1, -0.05) is 35.6 Å². The van der Waals surface area contributed by atoms with Crippen LogP contribution >= 0.6 is 11.3 Å². The summed E-state index contributed by atoms with van der Waals surface area (Å²) in [7, 11) is 0. The average molecular weight is 625 g/mol. The van der Waals surface area contributed by atoms with E-state index in [0.29, 0.717) is 16.8 Å². The number of carbonyl (C=O) groups excluding carboxylic acids is 1. The molecule has 2 aliphatic carbocycles. The average Bonchev–Trinajstić information content (AvgIpc) is 3.45. The van der Waals surface area contributed by atoms with E-state index in [2.05, 4.69) is 32.2 Å². The number of fused-ring (bicyclic) bond motifs is 2. The number of nitrogens with two attached hydrogens (primary N) is 1. The number of benzene rings is 1. The topological polar surface area (TPSA) is 121 Å². The first-order valence-corrected chi connectivity index (χ1v) is 16.1. The van der Waals surface area contributed by atoms with Crippen molar-refractivity contribution in [3.05, 3.63) is 64.6 Å². The highest BCUT2D eigenvalue weighted by Gasteiger charge is 2.67. The number of aromatic amines is 1. The number of halogens is 3. The normalized spacial score (nSPS) is 23.0. The molecular formula is C32H35F3N6O2S. The molecule has 232 valence electrons. The van der Waals surface area contributed by atoms with Crippen LogP contribution in [0.25, 0.3) is 21.5 Å². The zero-order valence-electron chi connectivity index (χ0n) is 24.2. The van der Waals surface area contributed by atoms with Crippen LogP contribution < -0.4 is 5.73 Å². The van der Waals surface area contributed by atoms with Gasteiger partial charge in [-0.05, 0) is 86.1 Å². The molecule has 4 aromatic rings. The quantitative estimate of drug-likeness (QED) is 0.228. The minimum atomic E-state index is -4.27. The van der Waals surface area contributed by atoms with Gasteiger partial charge in [0.25, 0.3) is 5.91 Å². The highest BCUT2D eigenvalue weighted by Crippen LogP contribution is 2.66. The van der Waals surface area contributed by atoms with Crippen molar-refractivity contribution in [1.29, 1.82) is 0 Å². The number of aliphatic hydroxyl groups is 1. The molecule has 1 aliphatic heterocycles. The van der Waals surface area contributed by atoms with E-state index in [-0.39, 0.29) is 42.2 Å². The molecule has 3 atom stereocenters. The van der Waals surface area contributed by atoms with Crippen LogP contribution in [0.2, 0.25) is 0 Å². The number of alkyl halides is 3. The second kappa shape index (κ2) is 11.2. The molecule has 1 saturated carbocycles. The lowest BCUT2D eigenvalue weighted by molar-refractivity contribution is -0.204. The molecular weight excluding hydrogens is 589 g/mol. The van der Waals surface area contributed by atoms with Gasteiger partial charge < -0.3 is 15.7 Å². The number of aliphatic hydroxyl groups excluding tert-OH is 1. The number of aromatic nitrogens is 4. The van der Waals surface area contributed by atoms with E-state index in [1.165, 1.54) is 0 Å². The first-order chi connectivity index (χ1) is 21.1. The van der Waals surface area contributed by atoms with Crippen molar-refractivity contribution in [2.45, 2.75) is 69.1 Å². The van der Waals surface area contributed by atoms with E-state index in [0.717, 1.165) is 78.2 Å². The van der Waals surface area contributed by atoms with Crippen molar-refractivity contribution in [3.8, 4) is 11.1 Å². The minimum absolute atomic E-state index is 0.0840. The summed E-state index contributed by atoms with van der Waals surface area (Å²) < 4.78 is 43.6. The summed E-state index contributed by atoms with van der Waals surface area (Å²) in [5.74, 6) is -1.54. The van der Waals surface area contributed by atoms with Crippen LogP contribution in [0.4, 0.5) is 13.2 Å². The third-order valence-corrected chi connectivity index (χ3v) is 11.1.